The van der Waals surface area contributed by atoms with Crippen molar-refractivity contribution < 1.29 is 33.0 Å². The van der Waals surface area contributed by atoms with Crippen molar-refractivity contribution in [1.82, 2.24) is 19.9 Å². The van der Waals surface area contributed by atoms with E-state index in [4.69, 9.17) is 4.74 Å². The summed E-state index contributed by atoms with van der Waals surface area (Å²) in [6.45, 7) is 8.40. The van der Waals surface area contributed by atoms with E-state index in [1.54, 1.807) is 13.1 Å². The van der Waals surface area contributed by atoms with Crippen LogP contribution in [-0.4, -0.2) is 93.6 Å². The molecule has 1 aliphatic carbocycles. The molecule has 5 rings (SSSR count). The summed E-state index contributed by atoms with van der Waals surface area (Å²) in [6, 6.07) is 9.97. The zero-order valence-electron chi connectivity index (χ0n) is 26.8. The number of quaternary nitrogens is 1. The van der Waals surface area contributed by atoms with Crippen molar-refractivity contribution in [1.29, 1.82) is 0 Å². The number of carbonyl (C=O) groups excluding carboxylic acids is 1. The van der Waals surface area contributed by atoms with Gasteiger partial charge in [-0.15, -0.1) is 0 Å². The first-order valence-corrected chi connectivity index (χ1v) is 16.0. The topological polar surface area (TPSA) is 121 Å². The molecule has 3 aromatic heterocycles. The number of pyridine rings is 3. The number of piperazine rings is 1. The van der Waals surface area contributed by atoms with Crippen LogP contribution in [0.2, 0.25) is 0 Å². The predicted molar refractivity (Wildman–Crippen MR) is 170 cm³/mol. The van der Waals surface area contributed by atoms with Crippen molar-refractivity contribution in [2.45, 2.75) is 51.6 Å². The number of esters is 1. The SMILES string of the molecule is Cc1cc(Nc2cc(C(F)F)ccn2)nc(-c2ccc([C@](C)(O)[C@H]3CC[C@H](C(=O)OC[N+]4(C)CCN(CCO)CC4)CC3)nc2)c1. The first-order chi connectivity index (χ1) is 22.0. The molecule has 2 aliphatic rings. The summed E-state index contributed by atoms with van der Waals surface area (Å²) in [5.41, 5.74) is 1.57. The zero-order valence-corrected chi connectivity index (χ0v) is 26.8. The molecule has 0 bridgehead atoms. The molecule has 0 spiro atoms. The van der Waals surface area contributed by atoms with Gasteiger partial charge in [0, 0.05) is 43.2 Å². The van der Waals surface area contributed by atoms with Crippen molar-refractivity contribution in [3.8, 4) is 11.3 Å². The number of alkyl halides is 2. The van der Waals surface area contributed by atoms with Gasteiger partial charge in [0.25, 0.3) is 6.43 Å². The molecule has 2 fully saturated rings. The summed E-state index contributed by atoms with van der Waals surface area (Å²) in [7, 11) is 2.11. The number of aryl methyl sites for hydroxylation is 1. The quantitative estimate of drug-likeness (QED) is 0.201. The standard InChI is InChI=1S/C34H45F2N6O4/c1-23-18-28(39-31(19-23)40-30-20-25(32(35)36)10-11-37-30)26-6-9-29(38-21-26)34(2,45)27-7-4-24(5-8-27)33(44)46-22-42(3)15-12-41(13-16-42)14-17-43/h6,9-11,18-21,24,27,32,43,45H,4-5,7-8,12-17,22H2,1-3H3,(H,37,39,40)/q+1/t24-,27-,34-/m1/s1. The van der Waals surface area contributed by atoms with Gasteiger partial charge in [0.1, 0.15) is 17.2 Å². The second kappa shape index (κ2) is 14.5. The molecule has 10 nitrogen and oxygen atoms in total. The van der Waals surface area contributed by atoms with E-state index in [9.17, 15) is 23.8 Å². The Morgan fingerprint density at radius 1 is 1.11 bits per heavy atom. The van der Waals surface area contributed by atoms with Gasteiger partial charge in [0.2, 0.25) is 6.73 Å². The minimum atomic E-state index is -2.59. The van der Waals surface area contributed by atoms with Crippen molar-refractivity contribution >= 4 is 17.6 Å². The third-order valence-electron chi connectivity index (χ3n) is 9.54. The lowest BCUT2D eigenvalue weighted by atomic mass is 9.73. The molecule has 3 N–H and O–H groups in total. The maximum atomic E-state index is 13.1. The Labute approximate surface area is 269 Å². The first-order valence-electron chi connectivity index (χ1n) is 16.0. The van der Waals surface area contributed by atoms with Gasteiger partial charge in [-0.1, -0.05) is 0 Å². The molecule has 0 amide bonds. The van der Waals surface area contributed by atoms with Crippen LogP contribution in [0.15, 0.2) is 48.8 Å². The normalized spacial score (nSPS) is 21.5. The average Bonchev–Trinajstić information content (AvgIpc) is 3.05. The first kappa shape index (κ1) is 33.8. The van der Waals surface area contributed by atoms with Gasteiger partial charge >= 0.3 is 5.97 Å². The number of anilines is 2. The summed E-state index contributed by atoms with van der Waals surface area (Å²) >= 11 is 0. The van der Waals surface area contributed by atoms with E-state index in [-0.39, 0.29) is 35.8 Å². The number of halogens is 2. The molecule has 12 heteroatoms. The molecule has 0 aromatic carbocycles. The highest BCUT2D eigenvalue weighted by molar-refractivity contribution is 5.72. The van der Waals surface area contributed by atoms with Gasteiger partial charge in [-0.25, -0.2) is 18.7 Å². The smallest absolute Gasteiger partial charge is 0.313 e. The van der Waals surface area contributed by atoms with E-state index in [1.165, 1.54) is 18.3 Å². The van der Waals surface area contributed by atoms with Crippen LogP contribution in [0, 0.1) is 18.8 Å². The van der Waals surface area contributed by atoms with Crippen LogP contribution < -0.4 is 5.32 Å². The molecule has 4 heterocycles. The summed E-state index contributed by atoms with van der Waals surface area (Å²) in [5.74, 6) is 0.362. The van der Waals surface area contributed by atoms with Crippen molar-refractivity contribution in [3.63, 3.8) is 0 Å². The Bertz CT molecular complexity index is 1470. The van der Waals surface area contributed by atoms with Crippen LogP contribution in [0.25, 0.3) is 11.3 Å². The lowest BCUT2D eigenvalue weighted by Gasteiger charge is -2.41. The van der Waals surface area contributed by atoms with Crippen LogP contribution in [0.5, 0.6) is 0 Å². The number of aliphatic hydroxyl groups excluding tert-OH is 1. The van der Waals surface area contributed by atoms with Crippen molar-refractivity contribution in [2.75, 3.05) is 58.4 Å². The molecule has 1 atom stereocenters. The minimum Gasteiger partial charge on any atom is -0.415 e. The molecule has 46 heavy (non-hydrogen) atoms. The zero-order chi connectivity index (χ0) is 32.9. The second-order valence-corrected chi connectivity index (χ2v) is 13.2. The molecule has 0 radical (unpaired) electrons. The molecular formula is C34H45F2N6O4+. The fourth-order valence-corrected chi connectivity index (χ4v) is 6.43. The van der Waals surface area contributed by atoms with Crippen LogP contribution >= 0.6 is 0 Å². The van der Waals surface area contributed by atoms with E-state index < -0.39 is 12.0 Å². The van der Waals surface area contributed by atoms with Gasteiger partial charge in [0.05, 0.1) is 44.0 Å². The number of rotatable bonds is 11. The highest BCUT2D eigenvalue weighted by Crippen LogP contribution is 2.41. The van der Waals surface area contributed by atoms with E-state index in [0.29, 0.717) is 60.6 Å². The number of aromatic nitrogens is 3. The number of aliphatic hydroxyl groups is 2. The Morgan fingerprint density at radius 2 is 1.85 bits per heavy atom. The van der Waals surface area contributed by atoms with Gasteiger partial charge in [-0.05, 0) is 87.4 Å². The predicted octanol–water partition coefficient (Wildman–Crippen LogP) is 4.80. The number of carbonyl (C=O) groups is 1. The maximum Gasteiger partial charge on any atom is 0.313 e. The molecular weight excluding hydrogens is 594 g/mol. The van der Waals surface area contributed by atoms with Gasteiger partial charge in [-0.2, -0.15) is 0 Å². The van der Waals surface area contributed by atoms with Crippen molar-refractivity contribution in [2.24, 2.45) is 11.8 Å². The van der Waals surface area contributed by atoms with E-state index in [2.05, 4.69) is 32.2 Å². The molecule has 1 saturated carbocycles. The number of hydrogen-bond acceptors (Lipinski definition) is 9. The number of hydrogen-bond donors (Lipinski definition) is 3. The highest BCUT2D eigenvalue weighted by atomic mass is 19.3. The van der Waals surface area contributed by atoms with Gasteiger partial charge < -0.3 is 20.3 Å². The summed E-state index contributed by atoms with van der Waals surface area (Å²) < 4.78 is 32.7. The van der Waals surface area contributed by atoms with E-state index >= 15 is 0 Å². The fraction of sp³-hybridized carbons (Fsp3) is 0.529. The third kappa shape index (κ3) is 8.22. The van der Waals surface area contributed by atoms with Crippen molar-refractivity contribution in [3.05, 3.63) is 65.6 Å². The Morgan fingerprint density at radius 3 is 2.50 bits per heavy atom. The van der Waals surface area contributed by atoms with E-state index in [1.807, 2.05) is 31.2 Å². The monoisotopic (exact) mass is 639 g/mol. The maximum absolute atomic E-state index is 13.1. The summed E-state index contributed by atoms with van der Waals surface area (Å²) in [4.78, 5) is 28.6. The molecule has 1 saturated heterocycles. The summed E-state index contributed by atoms with van der Waals surface area (Å²) in [6.07, 6.45) is 3.11. The average molecular weight is 640 g/mol. The van der Waals surface area contributed by atoms with Crippen LogP contribution in [0.4, 0.5) is 20.4 Å². The van der Waals surface area contributed by atoms with Gasteiger partial charge in [-0.3, -0.25) is 19.2 Å². The Kier molecular flexibility index (Phi) is 10.6. The summed E-state index contributed by atoms with van der Waals surface area (Å²) in [5, 5.41) is 23.8. The highest BCUT2D eigenvalue weighted by Gasteiger charge is 2.40. The Hall–Kier alpha value is -3.58. The fourth-order valence-electron chi connectivity index (χ4n) is 6.43. The lowest BCUT2D eigenvalue weighted by molar-refractivity contribution is -0.929. The number of nitrogens with one attached hydrogen (secondary N) is 1. The second-order valence-electron chi connectivity index (χ2n) is 13.2. The van der Waals surface area contributed by atoms with E-state index in [0.717, 1.165) is 37.3 Å². The number of likely N-dealkylation sites (N-methyl/N-ethyl adjacent to an activating group) is 1. The number of nitrogens with zero attached hydrogens (tertiary/aromatic N) is 5. The molecule has 0 unspecified atom stereocenters. The molecule has 248 valence electrons. The van der Waals surface area contributed by atoms with Crippen LogP contribution in [-0.2, 0) is 15.1 Å². The molecule has 1 aliphatic heterocycles. The Balaban J connectivity index is 1.16. The minimum absolute atomic E-state index is 0.0524. The van der Waals surface area contributed by atoms with Crippen LogP contribution in [0.3, 0.4) is 0 Å². The van der Waals surface area contributed by atoms with Crippen LogP contribution in [0.1, 0.15) is 55.9 Å². The lowest BCUT2D eigenvalue weighted by Crippen LogP contribution is -2.58. The third-order valence-corrected chi connectivity index (χ3v) is 9.54. The largest absolute Gasteiger partial charge is 0.415 e. The number of β-amino-alcohol motifs (C(OH)–C–C–N with tert-alkyl or cyclic N) is 1. The number of ether oxygens (including phenoxy) is 1. The van der Waals surface area contributed by atoms with Gasteiger partial charge in [0.15, 0.2) is 0 Å². The molecule has 3 aromatic rings.